The molecule has 1 aromatic carbocycles. The minimum absolute atomic E-state index is 0.218. The summed E-state index contributed by atoms with van der Waals surface area (Å²) in [6.45, 7) is 3.80. The fourth-order valence-electron chi connectivity index (χ4n) is 1.98. The summed E-state index contributed by atoms with van der Waals surface area (Å²) in [7, 11) is 0. The van der Waals surface area contributed by atoms with Gasteiger partial charge >= 0.3 is 5.97 Å². The van der Waals surface area contributed by atoms with Crippen molar-refractivity contribution in [1.29, 1.82) is 0 Å². The zero-order chi connectivity index (χ0) is 15.4. The van der Waals surface area contributed by atoms with Gasteiger partial charge in [0, 0.05) is 24.7 Å². The molecule has 2 aromatic rings. The van der Waals surface area contributed by atoms with Crippen LogP contribution in [0.25, 0.3) is 0 Å². The number of aliphatic carboxylic acids is 1. The lowest BCUT2D eigenvalue weighted by atomic mass is 10.1. The van der Waals surface area contributed by atoms with E-state index in [2.05, 4.69) is 5.16 Å². The molecule has 6 heteroatoms. The number of carbonyl (C=O) groups is 1. The van der Waals surface area contributed by atoms with Crippen LogP contribution >= 0.6 is 0 Å². The highest BCUT2D eigenvalue weighted by atomic mass is 19.1. The van der Waals surface area contributed by atoms with Crippen LogP contribution in [0.5, 0.6) is 0 Å². The Morgan fingerprint density at radius 3 is 2.76 bits per heavy atom. The summed E-state index contributed by atoms with van der Waals surface area (Å²) < 4.78 is 18.8. The number of hydrogen-bond donors (Lipinski definition) is 1. The molecule has 0 radical (unpaired) electrons. The fraction of sp³-hybridized carbons (Fsp3) is 0.333. The number of benzene rings is 1. The molecular weight excluding hydrogens is 275 g/mol. The maximum Gasteiger partial charge on any atom is 0.308 e. The molecule has 0 aliphatic rings. The summed E-state index contributed by atoms with van der Waals surface area (Å²) in [5, 5.41) is 12.9. The van der Waals surface area contributed by atoms with Crippen molar-refractivity contribution in [3.8, 4) is 0 Å². The van der Waals surface area contributed by atoms with Gasteiger partial charge < -0.3 is 14.5 Å². The topological polar surface area (TPSA) is 66.6 Å². The van der Waals surface area contributed by atoms with Gasteiger partial charge in [0.15, 0.2) is 5.82 Å². The maximum atomic E-state index is 13.8. The van der Waals surface area contributed by atoms with Crippen LogP contribution in [0.2, 0.25) is 0 Å². The summed E-state index contributed by atoms with van der Waals surface area (Å²) in [5.41, 5.74) is 0.482. The summed E-state index contributed by atoms with van der Waals surface area (Å²) >= 11 is 0. The first-order chi connectivity index (χ1) is 9.97. The molecule has 0 saturated carbocycles. The van der Waals surface area contributed by atoms with Gasteiger partial charge in [-0.1, -0.05) is 30.3 Å². The summed E-state index contributed by atoms with van der Waals surface area (Å²) in [4.78, 5) is 12.7. The highest BCUT2D eigenvalue weighted by Gasteiger charge is 2.20. The van der Waals surface area contributed by atoms with E-state index in [1.165, 1.54) is 6.07 Å². The number of hydrogen-bond acceptors (Lipinski definition) is 4. The molecular formula is C15H17FN2O3. The molecule has 2 rings (SSSR count). The fourth-order valence-corrected chi connectivity index (χ4v) is 1.98. The molecule has 0 amide bonds. The number of anilines is 1. The van der Waals surface area contributed by atoms with Gasteiger partial charge in [0.2, 0.25) is 0 Å². The van der Waals surface area contributed by atoms with Gasteiger partial charge in [0.1, 0.15) is 11.6 Å². The largest absolute Gasteiger partial charge is 0.481 e. The van der Waals surface area contributed by atoms with Crippen LogP contribution in [-0.2, 0) is 11.3 Å². The van der Waals surface area contributed by atoms with Gasteiger partial charge in [-0.15, -0.1) is 0 Å². The highest BCUT2D eigenvalue weighted by molar-refractivity contribution is 5.70. The molecule has 0 aliphatic heterocycles. The van der Waals surface area contributed by atoms with Gasteiger partial charge in [-0.25, -0.2) is 4.39 Å². The number of aromatic nitrogens is 1. The number of halogens is 1. The minimum atomic E-state index is -0.909. The van der Waals surface area contributed by atoms with E-state index in [0.717, 1.165) is 0 Å². The summed E-state index contributed by atoms with van der Waals surface area (Å²) in [6.07, 6.45) is 0. The minimum Gasteiger partial charge on any atom is -0.481 e. The van der Waals surface area contributed by atoms with Gasteiger partial charge in [-0.05, 0) is 13.0 Å². The zero-order valence-electron chi connectivity index (χ0n) is 11.9. The Balaban J connectivity index is 2.23. The summed E-state index contributed by atoms with van der Waals surface area (Å²) in [6, 6.07) is 8.10. The average molecular weight is 292 g/mol. The van der Waals surface area contributed by atoms with E-state index >= 15 is 0 Å². The second kappa shape index (κ2) is 6.39. The molecule has 1 unspecified atom stereocenters. The first kappa shape index (κ1) is 15.0. The van der Waals surface area contributed by atoms with Crippen molar-refractivity contribution in [2.24, 2.45) is 5.92 Å². The van der Waals surface area contributed by atoms with E-state index < -0.39 is 11.9 Å². The molecule has 21 heavy (non-hydrogen) atoms. The van der Waals surface area contributed by atoms with E-state index in [0.29, 0.717) is 17.1 Å². The Labute approximate surface area is 122 Å². The first-order valence-corrected chi connectivity index (χ1v) is 6.62. The van der Waals surface area contributed by atoms with E-state index in [1.807, 2.05) is 0 Å². The quantitative estimate of drug-likeness (QED) is 0.886. The number of carboxylic acids is 1. The monoisotopic (exact) mass is 292 g/mol. The second-order valence-electron chi connectivity index (χ2n) is 5.01. The second-order valence-corrected chi connectivity index (χ2v) is 5.01. The Hall–Kier alpha value is -2.37. The van der Waals surface area contributed by atoms with Crippen molar-refractivity contribution in [2.75, 3.05) is 11.4 Å². The number of aryl methyl sites for hydroxylation is 1. The number of nitrogens with zero attached hydrogens (tertiary/aromatic N) is 2. The molecule has 0 fully saturated rings. The van der Waals surface area contributed by atoms with Gasteiger partial charge in [-0.2, -0.15) is 0 Å². The smallest absolute Gasteiger partial charge is 0.308 e. The molecule has 5 nitrogen and oxygen atoms in total. The molecule has 0 saturated heterocycles. The number of rotatable bonds is 6. The normalized spacial score (nSPS) is 12.1. The van der Waals surface area contributed by atoms with Crippen LogP contribution in [0.3, 0.4) is 0 Å². The van der Waals surface area contributed by atoms with Gasteiger partial charge in [0.25, 0.3) is 0 Å². The Kier molecular flexibility index (Phi) is 4.57. The first-order valence-electron chi connectivity index (χ1n) is 6.62. The van der Waals surface area contributed by atoms with E-state index in [1.54, 1.807) is 43.0 Å². The Morgan fingerprint density at radius 1 is 1.48 bits per heavy atom. The predicted octanol–water partition coefficient (Wildman–Crippen LogP) is 2.85. The third kappa shape index (κ3) is 3.81. The molecule has 1 aromatic heterocycles. The lowest BCUT2D eigenvalue weighted by Crippen LogP contribution is -2.32. The van der Waals surface area contributed by atoms with Crippen molar-refractivity contribution in [2.45, 2.75) is 20.4 Å². The van der Waals surface area contributed by atoms with Crippen LogP contribution in [0.4, 0.5) is 10.2 Å². The molecule has 1 atom stereocenters. The lowest BCUT2D eigenvalue weighted by Gasteiger charge is -2.24. The molecule has 0 aliphatic carbocycles. The van der Waals surface area contributed by atoms with Crippen molar-refractivity contribution < 1.29 is 18.8 Å². The van der Waals surface area contributed by atoms with Gasteiger partial charge in [-0.3, -0.25) is 4.79 Å². The van der Waals surface area contributed by atoms with Crippen LogP contribution in [0.15, 0.2) is 34.9 Å². The van der Waals surface area contributed by atoms with Crippen LogP contribution in [0.1, 0.15) is 18.2 Å². The van der Waals surface area contributed by atoms with Crippen molar-refractivity contribution >= 4 is 11.8 Å². The average Bonchev–Trinajstić information content (AvgIpc) is 2.86. The third-order valence-electron chi connectivity index (χ3n) is 3.17. The molecule has 0 bridgehead atoms. The maximum absolute atomic E-state index is 13.8. The third-order valence-corrected chi connectivity index (χ3v) is 3.17. The molecule has 0 spiro atoms. The van der Waals surface area contributed by atoms with Crippen molar-refractivity contribution in [3.63, 3.8) is 0 Å². The summed E-state index contributed by atoms with van der Waals surface area (Å²) in [5.74, 6) is -0.719. The van der Waals surface area contributed by atoms with Crippen molar-refractivity contribution in [1.82, 2.24) is 5.16 Å². The van der Waals surface area contributed by atoms with Gasteiger partial charge in [0.05, 0.1) is 5.92 Å². The van der Waals surface area contributed by atoms with Crippen molar-refractivity contribution in [3.05, 3.63) is 47.5 Å². The zero-order valence-corrected chi connectivity index (χ0v) is 11.9. The van der Waals surface area contributed by atoms with Crippen LogP contribution in [-0.4, -0.2) is 22.8 Å². The van der Waals surface area contributed by atoms with E-state index in [4.69, 9.17) is 9.63 Å². The van der Waals surface area contributed by atoms with E-state index in [-0.39, 0.29) is 18.9 Å². The lowest BCUT2D eigenvalue weighted by molar-refractivity contribution is -0.140. The Bertz CT molecular complexity index is 627. The molecule has 1 heterocycles. The molecule has 112 valence electrons. The van der Waals surface area contributed by atoms with Crippen LogP contribution < -0.4 is 4.90 Å². The standard InChI is InChI=1S/C15H17FN2O3/c1-10(15(19)20)8-18(14-7-11(2)21-17-14)9-12-5-3-4-6-13(12)16/h3-7,10H,8-9H2,1-2H3,(H,19,20). The van der Waals surface area contributed by atoms with E-state index in [9.17, 15) is 9.18 Å². The predicted molar refractivity (Wildman–Crippen MR) is 75.5 cm³/mol. The molecule has 1 N–H and O–H groups in total. The van der Waals surface area contributed by atoms with Crippen LogP contribution in [0, 0.1) is 18.7 Å². The highest BCUT2D eigenvalue weighted by Crippen LogP contribution is 2.20. The number of carboxylic acid groups (broad SMARTS) is 1. The Morgan fingerprint density at radius 2 is 2.19 bits per heavy atom. The SMILES string of the molecule is Cc1cc(N(Cc2ccccc2F)CC(C)C(=O)O)no1.